The molecule has 0 aromatic carbocycles. The Balaban J connectivity index is -0.000000166. The fourth-order valence-corrected chi connectivity index (χ4v) is 1.78. The number of rotatable bonds is 0. The Labute approximate surface area is 191 Å². The Morgan fingerprint density at radius 1 is 0.677 bits per heavy atom. The van der Waals surface area contributed by atoms with Crippen molar-refractivity contribution in [1.29, 1.82) is 0 Å². The molecule has 0 radical (unpaired) electrons. The van der Waals surface area contributed by atoms with Crippen molar-refractivity contribution in [3.8, 4) is 0 Å². The molecule has 0 aliphatic rings. The summed E-state index contributed by atoms with van der Waals surface area (Å²) in [5.74, 6) is 0.933. The molecule has 3 rings (SSSR count). The van der Waals surface area contributed by atoms with E-state index in [0.29, 0.717) is 0 Å². The predicted octanol–water partition coefficient (Wildman–Crippen LogP) is 8.46. The van der Waals surface area contributed by atoms with Crippen LogP contribution in [0.2, 0.25) is 0 Å². The highest BCUT2D eigenvalue weighted by Gasteiger charge is 2.17. The molecule has 0 atom stereocenters. The van der Waals surface area contributed by atoms with E-state index in [1.807, 2.05) is 12.1 Å². The number of hydrogen-bond acceptors (Lipinski definition) is 6. The summed E-state index contributed by atoms with van der Waals surface area (Å²) in [6, 6.07) is 3.78. The van der Waals surface area contributed by atoms with Crippen LogP contribution in [0.25, 0.3) is 0 Å². The molecule has 0 amide bonds. The van der Waals surface area contributed by atoms with E-state index < -0.39 is 0 Å². The molecule has 6 nitrogen and oxygen atoms in total. The lowest BCUT2D eigenvalue weighted by molar-refractivity contribution is 0.329. The quantitative estimate of drug-likeness (QED) is 0.349. The zero-order valence-electron chi connectivity index (χ0n) is 18.0. The lowest BCUT2D eigenvalue weighted by Gasteiger charge is -2.13. The van der Waals surface area contributed by atoms with Crippen LogP contribution in [0.3, 0.4) is 0 Å². The molecule has 0 aliphatic heterocycles. The van der Waals surface area contributed by atoms with E-state index in [2.05, 4.69) is 77.8 Å². The Morgan fingerprint density at radius 2 is 1.26 bits per heavy atom. The fourth-order valence-electron chi connectivity index (χ4n) is 1.78. The largest absolute Gasteiger partial charge is 0.364 e. The third kappa shape index (κ3) is 13.5. The summed E-state index contributed by atoms with van der Waals surface area (Å²) in [6.45, 7) is 19.0. The Bertz CT molecular complexity index is 620. The zero-order chi connectivity index (χ0) is 20.7. The van der Waals surface area contributed by atoms with Gasteiger partial charge in [0.1, 0.15) is 18.3 Å². The second-order valence-electron chi connectivity index (χ2n) is 9.42. The molecule has 3 heterocycles. The summed E-state index contributed by atoms with van der Waals surface area (Å²) in [5.41, 5.74) is 2.52. The van der Waals surface area contributed by atoms with E-state index in [1.165, 1.54) is 0 Å². The van der Waals surface area contributed by atoms with E-state index in [1.54, 1.807) is 24.9 Å². The average Bonchev–Trinajstić information content (AvgIpc) is 3.28. The maximum atomic E-state index is 4.95. The Kier molecular flexibility index (Phi) is 17.0. The van der Waals surface area contributed by atoms with Crippen LogP contribution in [0, 0.1) is 0 Å². The molecule has 3 aromatic heterocycles. The van der Waals surface area contributed by atoms with Gasteiger partial charge in [0.25, 0.3) is 0 Å². The molecule has 0 fully saturated rings. The van der Waals surface area contributed by atoms with Gasteiger partial charge in [0, 0.05) is 28.5 Å². The van der Waals surface area contributed by atoms with Crippen molar-refractivity contribution in [3.63, 3.8) is 0 Å². The van der Waals surface area contributed by atoms with Gasteiger partial charge in [-0.1, -0.05) is 107 Å². The molecular formula is C25H49N3O3. The molecular weight excluding hydrogens is 390 g/mol. The van der Waals surface area contributed by atoms with E-state index >= 15 is 0 Å². The monoisotopic (exact) mass is 439 g/mol. The third-order valence-electron chi connectivity index (χ3n) is 3.68. The SMILES string of the molecule is C.C.C.C.CC(C)(C)c1ccno1.CC(C)(C)c1ccon1.CC(C)(C)c1cnoc1. The standard InChI is InChI=1S/3C7H11NO.4CH4/c1-7(2,3)6-4-8-9-5-6;1-7(2,3)6-4-5-9-8-6;1-7(2,3)6-4-5-8-9-6;;;;/h3*4-5H,1-3H3;4*1H4. The molecule has 0 unspecified atom stereocenters. The molecule has 3 aromatic rings. The minimum Gasteiger partial charge on any atom is -0.364 e. The smallest absolute Gasteiger partial charge is 0.142 e. The van der Waals surface area contributed by atoms with E-state index in [-0.39, 0.29) is 46.0 Å². The maximum absolute atomic E-state index is 4.95. The van der Waals surface area contributed by atoms with Gasteiger partial charge in [-0.3, -0.25) is 0 Å². The first-order chi connectivity index (χ1) is 12.3. The summed E-state index contributed by atoms with van der Waals surface area (Å²) < 4.78 is 14.3. The van der Waals surface area contributed by atoms with Crippen LogP contribution in [0.15, 0.2) is 50.6 Å². The van der Waals surface area contributed by atoms with Crippen LogP contribution in [0.4, 0.5) is 0 Å². The molecule has 0 spiro atoms. The molecule has 0 saturated heterocycles. The second kappa shape index (κ2) is 14.6. The fraction of sp³-hybridized carbons (Fsp3) is 0.640. The van der Waals surface area contributed by atoms with Gasteiger partial charge in [0.15, 0.2) is 0 Å². The maximum Gasteiger partial charge on any atom is 0.142 e. The van der Waals surface area contributed by atoms with Crippen molar-refractivity contribution < 1.29 is 13.6 Å². The Morgan fingerprint density at radius 3 is 1.45 bits per heavy atom. The van der Waals surface area contributed by atoms with Crippen molar-refractivity contribution in [3.05, 3.63) is 54.1 Å². The molecule has 0 saturated carbocycles. The molecule has 0 aliphatic carbocycles. The number of hydrogen-bond donors (Lipinski definition) is 0. The summed E-state index contributed by atoms with van der Waals surface area (Å²) in [5, 5.41) is 11.0. The van der Waals surface area contributed by atoms with Crippen LogP contribution in [0.1, 0.15) is 109 Å². The van der Waals surface area contributed by atoms with Crippen molar-refractivity contribution in [2.24, 2.45) is 0 Å². The van der Waals surface area contributed by atoms with Gasteiger partial charge in [-0.25, -0.2) is 0 Å². The lowest BCUT2D eigenvalue weighted by Crippen LogP contribution is -2.10. The first-order valence-electron chi connectivity index (χ1n) is 9.03. The summed E-state index contributed by atoms with van der Waals surface area (Å²) in [7, 11) is 0. The minimum absolute atomic E-state index is 0. The minimum atomic E-state index is 0. The van der Waals surface area contributed by atoms with Gasteiger partial charge in [-0.15, -0.1) is 0 Å². The van der Waals surface area contributed by atoms with Gasteiger partial charge in [0.2, 0.25) is 0 Å². The van der Waals surface area contributed by atoms with E-state index in [0.717, 1.165) is 17.0 Å². The molecule has 0 bridgehead atoms. The van der Waals surface area contributed by atoms with Crippen LogP contribution in [0.5, 0.6) is 0 Å². The topological polar surface area (TPSA) is 78.1 Å². The van der Waals surface area contributed by atoms with Crippen LogP contribution in [-0.2, 0) is 16.2 Å². The second-order valence-corrected chi connectivity index (χ2v) is 9.42. The highest BCUT2D eigenvalue weighted by molar-refractivity contribution is 5.12. The van der Waals surface area contributed by atoms with Crippen molar-refractivity contribution in [2.75, 3.05) is 0 Å². The highest BCUT2D eigenvalue weighted by atomic mass is 16.5. The number of nitrogens with zero attached hydrogens (tertiary/aromatic N) is 3. The van der Waals surface area contributed by atoms with Gasteiger partial charge < -0.3 is 13.6 Å². The van der Waals surface area contributed by atoms with Gasteiger partial charge >= 0.3 is 0 Å². The predicted molar refractivity (Wildman–Crippen MR) is 133 cm³/mol. The zero-order valence-corrected chi connectivity index (χ0v) is 18.0. The molecule has 182 valence electrons. The van der Waals surface area contributed by atoms with Crippen molar-refractivity contribution in [2.45, 2.75) is 108 Å². The Hall–Kier alpha value is -2.37. The van der Waals surface area contributed by atoms with Gasteiger partial charge in [-0.2, -0.15) is 0 Å². The molecule has 31 heavy (non-hydrogen) atoms. The summed E-state index contributed by atoms with van der Waals surface area (Å²) >= 11 is 0. The molecule has 0 N–H and O–H groups in total. The molecule has 6 heteroatoms. The van der Waals surface area contributed by atoms with Crippen LogP contribution < -0.4 is 0 Å². The van der Waals surface area contributed by atoms with Crippen molar-refractivity contribution in [1.82, 2.24) is 15.5 Å². The van der Waals surface area contributed by atoms with Gasteiger partial charge in [0.05, 0.1) is 18.1 Å². The summed E-state index contributed by atoms with van der Waals surface area (Å²) in [6.07, 6.45) is 6.70. The highest BCUT2D eigenvalue weighted by Crippen LogP contribution is 2.21. The van der Waals surface area contributed by atoms with Crippen molar-refractivity contribution >= 4 is 0 Å². The number of aromatic nitrogens is 3. The summed E-state index contributed by atoms with van der Waals surface area (Å²) in [4.78, 5) is 0. The third-order valence-corrected chi connectivity index (χ3v) is 3.68. The van der Waals surface area contributed by atoms with E-state index in [4.69, 9.17) is 13.6 Å². The van der Waals surface area contributed by atoms with Gasteiger partial charge in [-0.05, 0) is 5.41 Å². The van der Waals surface area contributed by atoms with Crippen LogP contribution in [-0.4, -0.2) is 15.5 Å². The first-order valence-corrected chi connectivity index (χ1v) is 9.03. The van der Waals surface area contributed by atoms with E-state index in [9.17, 15) is 0 Å². The normalized spacial score (nSPS) is 10.4. The average molecular weight is 440 g/mol. The first kappa shape index (κ1) is 36.0. The van der Waals surface area contributed by atoms with Crippen LogP contribution >= 0.6 is 0 Å². The lowest BCUT2D eigenvalue weighted by atomic mass is 9.90.